The van der Waals surface area contributed by atoms with Gasteiger partial charge in [-0.2, -0.15) is 0 Å². The van der Waals surface area contributed by atoms with Crippen molar-refractivity contribution >= 4 is 17.2 Å². The highest BCUT2D eigenvalue weighted by atomic mass is 16.3. The van der Waals surface area contributed by atoms with E-state index in [1.54, 1.807) is 6.07 Å². The summed E-state index contributed by atoms with van der Waals surface area (Å²) in [5, 5.41) is 9.24. The van der Waals surface area contributed by atoms with Gasteiger partial charge in [0.15, 0.2) is 5.78 Å². The Morgan fingerprint density at radius 3 is 2.47 bits per heavy atom. The maximum atomic E-state index is 11.6. The molecule has 0 saturated carbocycles. The molecule has 1 aromatic carbocycles. The molecular formula is C15H24N2O2. The number of hydrogen-bond donors (Lipinski definition) is 2. The minimum Gasteiger partial charge on any atom is -0.398 e. The molecule has 106 valence electrons. The first-order valence-corrected chi connectivity index (χ1v) is 6.83. The second-order valence-electron chi connectivity index (χ2n) is 4.72. The second-order valence-corrected chi connectivity index (χ2v) is 4.72. The lowest BCUT2D eigenvalue weighted by Gasteiger charge is -2.32. The lowest BCUT2D eigenvalue weighted by atomic mass is 10.1. The summed E-state index contributed by atoms with van der Waals surface area (Å²) in [7, 11) is 0. The summed E-state index contributed by atoms with van der Waals surface area (Å²) >= 11 is 0. The van der Waals surface area contributed by atoms with Gasteiger partial charge in [-0.3, -0.25) is 4.79 Å². The number of Topliss-reactive ketones (excluding diaryl/α,β-unsaturated/α-hetero) is 1. The Bertz CT molecular complexity index is 428. The molecule has 0 aromatic heterocycles. The van der Waals surface area contributed by atoms with E-state index in [9.17, 15) is 9.90 Å². The molecule has 0 heterocycles. The molecule has 0 bridgehead atoms. The fraction of sp³-hybridized carbons (Fsp3) is 0.533. The van der Waals surface area contributed by atoms with E-state index in [0.29, 0.717) is 23.8 Å². The van der Waals surface area contributed by atoms with Crippen molar-refractivity contribution in [2.24, 2.45) is 0 Å². The number of aliphatic hydroxyl groups is 1. The maximum absolute atomic E-state index is 11.6. The highest BCUT2D eigenvalue weighted by molar-refractivity contribution is 6.00. The van der Waals surface area contributed by atoms with Gasteiger partial charge in [-0.15, -0.1) is 0 Å². The van der Waals surface area contributed by atoms with Crippen LogP contribution >= 0.6 is 0 Å². The van der Waals surface area contributed by atoms with Crippen molar-refractivity contribution in [2.45, 2.75) is 39.7 Å². The first-order chi connectivity index (χ1) is 9.04. The van der Waals surface area contributed by atoms with Crippen LogP contribution in [0.1, 0.15) is 44.0 Å². The summed E-state index contributed by atoms with van der Waals surface area (Å²) in [4.78, 5) is 13.7. The van der Waals surface area contributed by atoms with Gasteiger partial charge in [0.05, 0.1) is 6.61 Å². The molecule has 3 N–H and O–H groups in total. The Balaban J connectivity index is 3.15. The number of carbonyl (C=O) groups is 1. The van der Waals surface area contributed by atoms with Crippen LogP contribution in [0.4, 0.5) is 11.4 Å². The number of benzene rings is 1. The fourth-order valence-corrected chi connectivity index (χ4v) is 2.39. The van der Waals surface area contributed by atoms with Crippen LogP contribution in [0.2, 0.25) is 0 Å². The van der Waals surface area contributed by atoms with Crippen LogP contribution in [-0.2, 0) is 0 Å². The summed E-state index contributed by atoms with van der Waals surface area (Å²) in [5.41, 5.74) is 7.82. The summed E-state index contributed by atoms with van der Waals surface area (Å²) in [6.07, 6.45) is 1.99. The minimum absolute atomic E-state index is 0.0344. The number of rotatable bonds is 7. The van der Waals surface area contributed by atoms with E-state index in [2.05, 4.69) is 18.7 Å². The summed E-state index contributed by atoms with van der Waals surface area (Å²) in [6.45, 7) is 6.43. The zero-order valence-corrected chi connectivity index (χ0v) is 12.0. The molecule has 0 radical (unpaired) electrons. The molecule has 4 nitrogen and oxygen atoms in total. The molecule has 0 atom stereocenters. The monoisotopic (exact) mass is 264 g/mol. The normalized spacial score (nSPS) is 10.8. The topological polar surface area (TPSA) is 66.6 Å². The van der Waals surface area contributed by atoms with Gasteiger partial charge in [0, 0.05) is 29.5 Å². The SMILES string of the molecule is CCC(CC)N(CCO)c1ccc(N)c(C(C)=O)c1. The number of anilines is 2. The Morgan fingerprint density at radius 2 is 2.00 bits per heavy atom. The lowest BCUT2D eigenvalue weighted by molar-refractivity contribution is 0.101. The van der Waals surface area contributed by atoms with Gasteiger partial charge in [0.1, 0.15) is 0 Å². The van der Waals surface area contributed by atoms with E-state index >= 15 is 0 Å². The first kappa shape index (κ1) is 15.5. The van der Waals surface area contributed by atoms with Crippen molar-refractivity contribution in [3.8, 4) is 0 Å². The standard InChI is InChI=1S/C15H24N2O2/c1-4-12(5-2)17(8-9-18)13-6-7-15(16)14(10-13)11(3)19/h6-7,10,12,18H,4-5,8-9,16H2,1-3H3. The van der Waals surface area contributed by atoms with E-state index in [4.69, 9.17) is 5.73 Å². The summed E-state index contributed by atoms with van der Waals surface area (Å²) < 4.78 is 0. The number of carbonyl (C=O) groups excluding carboxylic acids is 1. The van der Waals surface area contributed by atoms with Crippen molar-refractivity contribution in [1.82, 2.24) is 0 Å². The van der Waals surface area contributed by atoms with Crippen molar-refractivity contribution in [3.63, 3.8) is 0 Å². The third kappa shape index (κ3) is 3.70. The average molecular weight is 264 g/mol. The average Bonchev–Trinajstić information content (AvgIpc) is 2.39. The molecule has 0 amide bonds. The number of hydrogen-bond acceptors (Lipinski definition) is 4. The molecule has 0 aliphatic rings. The fourth-order valence-electron chi connectivity index (χ4n) is 2.39. The van der Waals surface area contributed by atoms with E-state index in [-0.39, 0.29) is 12.4 Å². The third-order valence-electron chi connectivity index (χ3n) is 3.47. The van der Waals surface area contributed by atoms with Gasteiger partial charge in [-0.05, 0) is 38.0 Å². The predicted molar refractivity (Wildman–Crippen MR) is 79.7 cm³/mol. The van der Waals surface area contributed by atoms with Crippen molar-refractivity contribution in [2.75, 3.05) is 23.8 Å². The second kappa shape index (κ2) is 7.14. The molecule has 0 unspecified atom stereocenters. The molecular weight excluding hydrogens is 240 g/mol. The predicted octanol–water partition coefficient (Wildman–Crippen LogP) is 2.46. The summed E-state index contributed by atoms with van der Waals surface area (Å²) in [6, 6.07) is 5.86. The molecule has 0 fully saturated rings. The first-order valence-electron chi connectivity index (χ1n) is 6.83. The number of nitrogens with two attached hydrogens (primary N) is 1. The molecule has 0 aliphatic heterocycles. The van der Waals surface area contributed by atoms with E-state index in [1.807, 2.05) is 12.1 Å². The van der Waals surface area contributed by atoms with Gasteiger partial charge >= 0.3 is 0 Å². The Hall–Kier alpha value is -1.55. The van der Waals surface area contributed by atoms with Crippen LogP contribution < -0.4 is 10.6 Å². The number of aliphatic hydroxyl groups excluding tert-OH is 1. The van der Waals surface area contributed by atoms with Crippen molar-refractivity contribution in [3.05, 3.63) is 23.8 Å². The molecule has 0 saturated heterocycles. The number of nitrogen functional groups attached to an aromatic ring is 1. The van der Waals surface area contributed by atoms with Gasteiger partial charge in [-0.1, -0.05) is 13.8 Å². The Labute approximate surface area is 115 Å². The van der Waals surface area contributed by atoms with Crippen LogP contribution in [-0.4, -0.2) is 30.1 Å². The quantitative estimate of drug-likeness (QED) is 0.586. The van der Waals surface area contributed by atoms with Gasteiger partial charge in [0.2, 0.25) is 0 Å². The molecule has 0 spiro atoms. The van der Waals surface area contributed by atoms with Crippen LogP contribution in [0.5, 0.6) is 0 Å². The molecule has 1 aromatic rings. The Morgan fingerprint density at radius 1 is 1.37 bits per heavy atom. The van der Waals surface area contributed by atoms with E-state index < -0.39 is 0 Å². The third-order valence-corrected chi connectivity index (χ3v) is 3.47. The van der Waals surface area contributed by atoms with Crippen LogP contribution in [0.15, 0.2) is 18.2 Å². The van der Waals surface area contributed by atoms with Crippen LogP contribution in [0, 0.1) is 0 Å². The molecule has 0 aliphatic carbocycles. The van der Waals surface area contributed by atoms with Crippen molar-refractivity contribution in [1.29, 1.82) is 0 Å². The highest BCUT2D eigenvalue weighted by Crippen LogP contribution is 2.25. The molecule has 4 heteroatoms. The minimum atomic E-state index is -0.0344. The highest BCUT2D eigenvalue weighted by Gasteiger charge is 2.17. The molecule has 1 rings (SSSR count). The summed E-state index contributed by atoms with van der Waals surface area (Å²) in [5.74, 6) is -0.0344. The number of nitrogens with zero attached hydrogens (tertiary/aromatic N) is 1. The molecule has 19 heavy (non-hydrogen) atoms. The van der Waals surface area contributed by atoms with E-state index in [0.717, 1.165) is 18.5 Å². The van der Waals surface area contributed by atoms with E-state index in [1.165, 1.54) is 6.92 Å². The maximum Gasteiger partial charge on any atom is 0.161 e. The van der Waals surface area contributed by atoms with Gasteiger partial charge < -0.3 is 15.7 Å². The van der Waals surface area contributed by atoms with Gasteiger partial charge in [0.25, 0.3) is 0 Å². The van der Waals surface area contributed by atoms with Crippen LogP contribution in [0.3, 0.4) is 0 Å². The smallest absolute Gasteiger partial charge is 0.161 e. The zero-order chi connectivity index (χ0) is 14.4. The van der Waals surface area contributed by atoms with Crippen LogP contribution in [0.25, 0.3) is 0 Å². The van der Waals surface area contributed by atoms with Gasteiger partial charge in [-0.25, -0.2) is 0 Å². The number of ketones is 1. The lowest BCUT2D eigenvalue weighted by Crippen LogP contribution is -2.36. The largest absolute Gasteiger partial charge is 0.398 e. The Kier molecular flexibility index (Phi) is 5.83. The van der Waals surface area contributed by atoms with Crippen molar-refractivity contribution < 1.29 is 9.90 Å². The zero-order valence-electron chi connectivity index (χ0n) is 12.0.